The van der Waals surface area contributed by atoms with E-state index < -0.39 is 6.04 Å². The predicted octanol–water partition coefficient (Wildman–Crippen LogP) is 0.881. The SMILES string of the molecule is CC(N)C(=O)Nc1ccc2c(c1)CCC(=O)N2C. The Morgan fingerprint density at radius 1 is 1.44 bits per heavy atom. The highest BCUT2D eigenvalue weighted by Gasteiger charge is 2.21. The topological polar surface area (TPSA) is 75.4 Å². The molecule has 0 radical (unpaired) electrons. The molecule has 0 aliphatic carbocycles. The van der Waals surface area contributed by atoms with Crippen LogP contribution in [0.1, 0.15) is 18.9 Å². The fourth-order valence-electron chi connectivity index (χ4n) is 1.99. The van der Waals surface area contributed by atoms with Crippen LogP contribution < -0.4 is 16.0 Å². The van der Waals surface area contributed by atoms with Crippen LogP contribution in [0.15, 0.2) is 18.2 Å². The number of hydrogen-bond donors (Lipinski definition) is 2. The first kappa shape index (κ1) is 12.6. The van der Waals surface area contributed by atoms with Crippen LogP contribution in [0.5, 0.6) is 0 Å². The van der Waals surface area contributed by atoms with Crippen molar-refractivity contribution in [2.24, 2.45) is 5.73 Å². The minimum Gasteiger partial charge on any atom is -0.325 e. The summed E-state index contributed by atoms with van der Waals surface area (Å²) in [5.41, 5.74) is 8.19. The number of carbonyl (C=O) groups excluding carboxylic acids is 2. The van der Waals surface area contributed by atoms with Gasteiger partial charge in [-0.05, 0) is 37.1 Å². The fourth-order valence-corrected chi connectivity index (χ4v) is 1.99. The molecule has 96 valence electrons. The molecule has 1 aliphatic heterocycles. The molecule has 0 spiro atoms. The van der Waals surface area contributed by atoms with E-state index >= 15 is 0 Å². The van der Waals surface area contributed by atoms with Crippen molar-refractivity contribution in [1.82, 2.24) is 0 Å². The molecule has 5 heteroatoms. The van der Waals surface area contributed by atoms with E-state index in [9.17, 15) is 9.59 Å². The molecule has 0 fully saturated rings. The maximum Gasteiger partial charge on any atom is 0.240 e. The molecule has 2 amide bonds. The molecule has 1 heterocycles. The van der Waals surface area contributed by atoms with Crippen LogP contribution in [0, 0.1) is 0 Å². The smallest absolute Gasteiger partial charge is 0.240 e. The number of nitrogens with two attached hydrogens (primary N) is 1. The van der Waals surface area contributed by atoms with Gasteiger partial charge in [-0.3, -0.25) is 9.59 Å². The average molecular weight is 247 g/mol. The van der Waals surface area contributed by atoms with E-state index in [2.05, 4.69) is 5.32 Å². The quantitative estimate of drug-likeness (QED) is 0.814. The van der Waals surface area contributed by atoms with Gasteiger partial charge in [0.05, 0.1) is 6.04 Å². The Kier molecular flexibility index (Phi) is 3.34. The molecule has 0 saturated carbocycles. The van der Waals surface area contributed by atoms with Gasteiger partial charge >= 0.3 is 0 Å². The lowest BCUT2D eigenvalue weighted by Crippen LogP contribution is -2.33. The Morgan fingerprint density at radius 2 is 2.17 bits per heavy atom. The van der Waals surface area contributed by atoms with E-state index in [-0.39, 0.29) is 11.8 Å². The second-order valence-corrected chi connectivity index (χ2v) is 4.57. The van der Waals surface area contributed by atoms with Gasteiger partial charge in [-0.25, -0.2) is 0 Å². The van der Waals surface area contributed by atoms with Crippen molar-refractivity contribution in [1.29, 1.82) is 0 Å². The van der Waals surface area contributed by atoms with E-state index in [1.807, 2.05) is 12.1 Å². The van der Waals surface area contributed by atoms with Crippen LogP contribution in [0.3, 0.4) is 0 Å². The van der Waals surface area contributed by atoms with Crippen molar-refractivity contribution in [3.63, 3.8) is 0 Å². The first-order chi connectivity index (χ1) is 8.49. The molecular formula is C13H17N3O2. The van der Waals surface area contributed by atoms with Gasteiger partial charge in [-0.1, -0.05) is 0 Å². The number of amides is 2. The van der Waals surface area contributed by atoms with Crippen molar-refractivity contribution in [2.75, 3.05) is 17.3 Å². The van der Waals surface area contributed by atoms with Gasteiger partial charge in [0.15, 0.2) is 0 Å². The lowest BCUT2D eigenvalue weighted by Gasteiger charge is -2.26. The normalized spacial score (nSPS) is 16.2. The van der Waals surface area contributed by atoms with Crippen LogP contribution in [-0.4, -0.2) is 24.9 Å². The van der Waals surface area contributed by atoms with Gasteiger partial charge in [0.25, 0.3) is 0 Å². The van der Waals surface area contributed by atoms with E-state index in [0.717, 1.165) is 16.9 Å². The number of carbonyl (C=O) groups is 2. The summed E-state index contributed by atoms with van der Waals surface area (Å²) in [6.45, 7) is 1.64. The minimum atomic E-state index is -0.537. The third-order valence-electron chi connectivity index (χ3n) is 3.10. The Hall–Kier alpha value is -1.88. The Morgan fingerprint density at radius 3 is 2.83 bits per heavy atom. The van der Waals surface area contributed by atoms with E-state index in [1.165, 1.54) is 0 Å². The van der Waals surface area contributed by atoms with Gasteiger partial charge < -0.3 is 16.0 Å². The molecule has 1 aliphatic rings. The third kappa shape index (κ3) is 2.36. The van der Waals surface area contributed by atoms with E-state index in [1.54, 1.807) is 24.9 Å². The molecule has 0 saturated heterocycles. The summed E-state index contributed by atoms with van der Waals surface area (Å²) in [6, 6.07) is 5.00. The van der Waals surface area contributed by atoms with Crippen LogP contribution in [-0.2, 0) is 16.0 Å². The summed E-state index contributed by atoms with van der Waals surface area (Å²) < 4.78 is 0. The number of aryl methyl sites for hydroxylation is 1. The average Bonchev–Trinajstić information content (AvgIpc) is 2.34. The molecule has 1 aromatic carbocycles. The summed E-state index contributed by atoms with van der Waals surface area (Å²) in [4.78, 5) is 24.7. The Balaban J connectivity index is 2.23. The summed E-state index contributed by atoms with van der Waals surface area (Å²) in [7, 11) is 1.76. The van der Waals surface area contributed by atoms with Crippen molar-refractivity contribution < 1.29 is 9.59 Å². The number of hydrogen-bond acceptors (Lipinski definition) is 3. The number of nitrogens with one attached hydrogen (secondary N) is 1. The highest BCUT2D eigenvalue weighted by Crippen LogP contribution is 2.29. The Bertz CT molecular complexity index is 497. The van der Waals surface area contributed by atoms with Crippen molar-refractivity contribution in [2.45, 2.75) is 25.8 Å². The second kappa shape index (κ2) is 4.78. The maximum atomic E-state index is 11.5. The van der Waals surface area contributed by atoms with Gasteiger partial charge in [-0.15, -0.1) is 0 Å². The molecule has 2 rings (SSSR count). The molecule has 0 aromatic heterocycles. The number of fused-ring (bicyclic) bond motifs is 1. The zero-order chi connectivity index (χ0) is 13.3. The third-order valence-corrected chi connectivity index (χ3v) is 3.10. The van der Waals surface area contributed by atoms with Gasteiger partial charge in [-0.2, -0.15) is 0 Å². The minimum absolute atomic E-state index is 0.120. The monoisotopic (exact) mass is 247 g/mol. The molecule has 1 atom stereocenters. The number of nitrogens with zero attached hydrogens (tertiary/aromatic N) is 1. The van der Waals surface area contributed by atoms with E-state index in [4.69, 9.17) is 5.73 Å². The van der Waals surface area contributed by atoms with Crippen LogP contribution in [0.4, 0.5) is 11.4 Å². The maximum absolute atomic E-state index is 11.5. The summed E-state index contributed by atoms with van der Waals surface area (Å²) in [6.07, 6.45) is 1.22. The Labute approximate surface area is 106 Å². The summed E-state index contributed by atoms with van der Waals surface area (Å²) in [5.74, 6) is -0.0925. The summed E-state index contributed by atoms with van der Waals surface area (Å²) in [5, 5.41) is 2.75. The molecule has 0 bridgehead atoms. The molecule has 3 N–H and O–H groups in total. The number of anilines is 2. The molecule has 1 aromatic rings. The predicted molar refractivity (Wildman–Crippen MR) is 70.5 cm³/mol. The van der Waals surface area contributed by atoms with E-state index in [0.29, 0.717) is 12.8 Å². The molecule has 5 nitrogen and oxygen atoms in total. The highest BCUT2D eigenvalue weighted by molar-refractivity contribution is 5.98. The number of rotatable bonds is 2. The van der Waals surface area contributed by atoms with Crippen molar-refractivity contribution >= 4 is 23.2 Å². The highest BCUT2D eigenvalue weighted by atomic mass is 16.2. The van der Waals surface area contributed by atoms with Crippen LogP contribution >= 0.6 is 0 Å². The zero-order valence-corrected chi connectivity index (χ0v) is 10.6. The van der Waals surface area contributed by atoms with Crippen molar-refractivity contribution in [3.05, 3.63) is 23.8 Å². The molecule has 18 heavy (non-hydrogen) atoms. The largest absolute Gasteiger partial charge is 0.325 e. The second-order valence-electron chi connectivity index (χ2n) is 4.57. The standard InChI is InChI=1S/C13H17N3O2/c1-8(14)13(18)15-10-4-5-11-9(7-10)3-6-12(17)16(11)2/h4-5,7-8H,3,6,14H2,1-2H3,(H,15,18). The molecular weight excluding hydrogens is 230 g/mol. The van der Waals surface area contributed by atoms with Crippen LogP contribution in [0.25, 0.3) is 0 Å². The van der Waals surface area contributed by atoms with Crippen LogP contribution in [0.2, 0.25) is 0 Å². The van der Waals surface area contributed by atoms with Gasteiger partial charge in [0.2, 0.25) is 11.8 Å². The van der Waals surface area contributed by atoms with Gasteiger partial charge in [0.1, 0.15) is 0 Å². The zero-order valence-electron chi connectivity index (χ0n) is 10.6. The van der Waals surface area contributed by atoms with Crippen molar-refractivity contribution in [3.8, 4) is 0 Å². The lowest BCUT2D eigenvalue weighted by molar-refractivity contribution is -0.118. The lowest BCUT2D eigenvalue weighted by atomic mass is 10.0. The first-order valence-electron chi connectivity index (χ1n) is 5.95. The fraction of sp³-hybridized carbons (Fsp3) is 0.385. The van der Waals surface area contributed by atoms with Gasteiger partial charge in [0, 0.05) is 24.8 Å². The number of benzene rings is 1. The first-order valence-corrected chi connectivity index (χ1v) is 5.95. The summed E-state index contributed by atoms with van der Waals surface area (Å²) >= 11 is 0. The molecule has 1 unspecified atom stereocenters.